The highest BCUT2D eigenvalue weighted by atomic mass is 79.9. The molecule has 1 aromatic heterocycles. The number of halogens is 1. The van der Waals surface area contributed by atoms with Crippen LogP contribution in [0.5, 0.6) is 5.75 Å². The van der Waals surface area contributed by atoms with Gasteiger partial charge in [-0.05, 0) is 48.0 Å². The number of thiazole rings is 1. The van der Waals surface area contributed by atoms with E-state index in [-0.39, 0.29) is 10.9 Å². The summed E-state index contributed by atoms with van der Waals surface area (Å²) in [6, 6.07) is 4.25. The zero-order chi connectivity index (χ0) is 15.6. The Labute approximate surface area is 136 Å². The smallest absolute Gasteiger partial charge is 0.241 e. The van der Waals surface area contributed by atoms with Gasteiger partial charge in [0, 0.05) is 11.1 Å². The van der Waals surface area contributed by atoms with E-state index in [4.69, 9.17) is 4.74 Å². The maximum Gasteiger partial charge on any atom is 0.241 e. The molecule has 0 radical (unpaired) electrons. The van der Waals surface area contributed by atoms with Gasteiger partial charge in [-0.15, -0.1) is 11.3 Å². The van der Waals surface area contributed by atoms with Crippen LogP contribution in [0.2, 0.25) is 0 Å². The zero-order valence-corrected chi connectivity index (χ0v) is 15.0. The molecule has 0 amide bonds. The molecule has 1 unspecified atom stereocenters. The Bertz CT molecular complexity index is 744. The second-order valence-electron chi connectivity index (χ2n) is 4.45. The highest BCUT2D eigenvalue weighted by Gasteiger charge is 2.21. The third-order valence-electron chi connectivity index (χ3n) is 2.78. The summed E-state index contributed by atoms with van der Waals surface area (Å²) in [6.45, 7) is 3.71. The Morgan fingerprint density at radius 3 is 2.67 bits per heavy atom. The highest BCUT2D eigenvalue weighted by Crippen LogP contribution is 2.28. The number of benzene rings is 1. The standard InChI is InChI=1S/C13H15BrN2O3S2/c1-8-7-15-13(20-8)9(2)16-21(17,18)10-4-5-12(19-3)11(14)6-10/h4-7,9,16H,1-3H3. The van der Waals surface area contributed by atoms with E-state index in [1.165, 1.54) is 30.6 Å². The molecule has 0 saturated heterocycles. The minimum atomic E-state index is -3.61. The monoisotopic (exact) mass is 390 g/mol. The first-order chi connectivity index (χ1) is 9.83. The second-order valence-corrected chi connectivity index (χ2v) is 8.28. The summed E-state index contributed by atoms with van der Waals surface area (Å²) in [6.07, 6.45) is 1.73. The first kappa shape index (κ1) is 16.4. The molecule has 0 saturated carbocycles. The molecule has 1 aromatic carbocycles. The fraction of sp³-hybridized carbons (Fsp3) is 0.308. The van der Waals surface area contributed by atoms with Crippen molar-refractivity contribution in [1.29, 1.82) is 0 Å². The highest BCUT2D eigenvalue weighted by molar-refractivity contribution is 9.10. The molecule has 1 N–H and O–H groups in total. The van der Waals surface area contributed by atoms with Crippen LogP contribution in [0, 0.1) is 6.92 Å². The molecule has 0 aliphatic carbocycles. The van der Waals surface area contributed by atoms with E-state index in [2.05, 4.69) is 25.6 Å². The van der Waals surface area contributed by atoms with Gasteiger partial charge in [0.2, 0.25) is 10.0 Å². The number of rotatable bonds is 5. The van der Waals surface area contributed by atoms with Crippen LogP contribution in [0.4, 0.5) is 0 Å². The maximum absolute atomic E-state index is 12.4. The molecule has 1 atom stereocenters. The van der Waals surface area contributed by atoms with Crippen LogP contribution in [-0.4, -0.2) is 20.5 Å². The van der Waals surface area contributed by atoms with E-state index >= 15 is 0 Å². The van der Waals surface area contributed by atoms with Crippen LogP contribution in [0.3, 0.4) is 0 Å². The third-order valence-corrected chi connectivity index (χ3v) is 6.03. The Morgan fingerprint density at radius 1 is 1.43 bits per heavy atom. The maximum atomic E-state index is 12.4. The van der Waals surface area contributed by atoms with Gasteiger partial charge < -0.3 is 4.74 Å². The van der Waals surface area contributed by atoms with E-state index < -0.39 is 10.0 Å². The third kappa shape index (κ3) is 3.82. The van der Waals surface area contributed by atoms with Crippen molar-refractivity contribution in [2.45, 2.75) is 24.8 Å². The Morgan fingerprint density at radius 2 is 2.14 bits per heavy atom. The summed E-state index contributed by atoms with van der Waals surface area (Å²) in [5.41, 5.74) is 0. The van der Waals surface area contributed by atoms with E-state index in [0.717, 1.165) is 9.88 Å². The molecule has 8 heteroatoms. The summed E-state index contributed by atoms with van der Waals surface area (Å²) >= 11 is 4.76. The quantitative estimate of drug-likeness (QED) is 0.850. The van der Waals surface area contributed by atoms with Gasteiger partial charge in [0.15, 0.2) is 0 Å². The van der Waals surface area contributed by atoms with Gasteiger partial charge in [0.25, 0.3) is 0 Å². The predicted molar refractivity (Wildman–Crippen MR) is 86.3 cm³/mol. The molecular weight excluding hydrogens is 376 g/mol. The average Bonchev–Trinajstić information content (AvgIpc) is 2.85. The number of aryl methyl sites for hydroxylation is 1. The molecule has 1 heterocycles. The van der Waals surface area contributed by atoms with Gasteiger partial charge in [-0.25, -0.2) is 18.1 Å². The second kappa shape index (κ2) is 6.43. The first-order valence-electron chi connectivity index (χ1n) is 6.11. The van der Waals surface area contributed by atoms with Crippen molar-refractivity contribution in [1.82, 2.24) is 9.71 Å². The van der Waals surface area contributed by atoms with Gasteiger partial charge in [-0.2, -0.15) is 0 Å². The van der Waals surface area contributed by atoms with E-state index in [9.17, 15) is 8.42 Å². The van der Waals surface area contributed by atoms with Crippen molar-refractivity contribution in [2.75, 3.05) is 7.11 Å². The minimum absolute atomic E-state index is 0.176. The molecule has 5 nitrogen and oxygen atoms in total. The van der Waals surface area contributed by atoms with Crippen LogP contribution < -0.4 is 9.46 Å². The summed E-state index contributed by atoms with van der Waals surface area (Å²) in [5.74, 6) is 0.581. The van der Waals surface area contributed by atoms with Gasteiger partial charge in [-0.1, -0.05) is 0 Å². The Hall–Kier alpha value is -0.960. The summed E-state index contributed by atoms with van der Waals surface area (Å²) < 4.78 is 33.1. The molecule has 2 rings (SSSR count). The number of sulfonamides is 1. The van der Waals surface area contributed by atoms with E-state index in [0.29, 0.717) is 10.2 Å². The number of hydrogen-bond donors (Lipinski definition) is 1. The molecular formula is C13H15BrN2O3S2. The molecule has 2 aromatic rings. The normalized spacial score (nSPS) is 13.1. The molecule has 21 heavy (non-hydrogen) atoms. The topological polar surface area (TPSA) is 68.3 Å². The van der Waals surface area contributed by atoms with Gasteiger partial charge >= 0.3 is 0 Å². The van der Waals surface area contributed by atoms with Crippen LogP contribution >= 0.6 is 27.3 Å². The first-order valence-corrected chi connectivity index (χ1v) is 9.21. The number of nitrogens with one attached hydrogen (secondary N) is 1. The lowest BCUT2D eigenvalue weighted by Crippen LogP contribution is -2.26. The van der Waals surface area contributed by atoms with Gasteiger partial charge in [-0.3, -0.25) is 0 Å². The van der Waals surface area contributed by atoms with Crippen LogP contribution in [-0.2, 0) is 10.0 Å². The molecule has 0 aliphatic rings. The molecule has 0 aliphatic heterocycles. The van der Waals surface area contributed by atoms with E-state index in [1.54, 1.807) is 19.2 Å². The number of methoxy groups -OCH3 is 1. The zero-order valence-electron chi connectivity index (χ0n) is 11.8. The Kier molecular flexibility index (Phi) is 5.03. The van der Waals surface area contributed by atoms with Crippen molar-refractivity contribution >= 4 is 37.3 Å². The lowest BCUT2D eigenvalue weighted by Gasteiger charge is -2.13. The summed E-state index contributed by atoms with van der Waals surface area (Å²) in [7, 11) is -2.09. The number of nitrogens with zero attached hydrogens (tertiary/aromatic N) is 1. The fourth-order valence-corrected chi connectivity index (χ4v) is 4.51. The van der Waals surface area contributed by atoms with Gasteiger partial charge in [0.05, 0.1) is 22.5 Å². The average molecular weight is 391 g/mol. The number of hydrogen-bond acceptors (Lipinski definition) is 5. The van der Waals surface area contributed by atoms with Crippen molar-refractivity contribution in [3.8, 4) is 5.75 Å². The lowest BCUT2D eigenvalue weighted by atomic mass is 10.3. The van der Waals surface area contributed by atoms with Crippen LogP contribution in [0.15, 0.2) is 33.8 Å². The Balaban J connectivity index is 2.24. The summed E-state index contributed by atoms with van der Waals surface area (Å²) in [4.78, 5) is 5.42. The number of aromatic nitrogens is 1. The van der Waals surface area contributed by atoms with E-state index in [1.807, 2.05) is 6.92 Å². The fourth-order valence-electron chi connectivity index (χ4n) is 1.74. The van der Waals surface area contributed by atoms with Crippen molar-refractivity contribution in [2.24, 2.45) is 0 Å². The lowest BCUT2D eigenvalue weighted by molar-refractivity contribution is 0.411. The number of ether oxygens (including phenoxy) is 1. The minimum Gasteiger partial charge on any atom is -0.496 e. The largest absolute Gasteiger partial charge is 0.496 e. The molecule has 0 fully saturated rings. The molecule has 0 bridgehead atoms. The van der Waals surface area contributed by atoms with Crippen molar-refractivity contribution in [3.05, 3.63) is 38.8 Å². The van der Waals surface area contributed by atoms with Crippen molar-refractivity contribution < 1.29 is 13.2 Å². The van der Waals surface area contributed by atoms with Gasteiger partial charge in [0.1, 0.15) is 10.8 Å². The van der Waals surface area contributed by atoms with Crippen LogP contribution in [0.25, 0.3) is 0 Å². The predicted octanol–water partition coefficient (Wildman–Crippen LogP) is 3.26. The summed E-state index contributed by atoms with van der Waals surface area (Å²) in [5, 5.41) is 0.739. The molecule has 114 valence electrons. The van der Waals surface area contributed by atoms with Crippen LogP contribution in [0.1, 0.15) is 22.9 Å². The molecule has 0 spiro atoms. The SMILES string of the molecule is COc1ccc(S(=O)(=O)NC(C)c2ncc(C)s2)cc1Br. The van der Waals surface area contributed by atoms with Crippen molar-refractivity contribution in [3.63, 3.8) is 0 Å².